The number of fused-ring (bicyclic) bond motifs is 7. The van der Waals surface area contributed by atoms with Gasteiger partial charge in [-0.3, -0.25) is 0 Å². The third-order valence-electron chi connectivity index (χ3n) is 8.20. The van der Waals surface area contributed by atoms with Gasteiger partial charge in [0.2, 0.25) is 0 Å². The van der Waals surface area contributed by atoms with E-state index in [2.05, 4.69) is 37.4 Å². The molecule has 0 atom stereocenters. The van der Waals surface area contributed by atoms with E-state index in [9.17, 15) is 0 Å². The fourth-order valence-corrected chi connectivity index (χ4v) is 6.06. The Hall–Kier alpha value is -2.68. The highest BCUT2D eigenvalue weighted by molar-refractivity contribution is 5.83. The fourth-order valence-electron chi connectivity index (χ4n) is 6.06. The number of hydrogen-bond donors (Lipinski definition) is 0. The van der Waals surface area contributed by atoms with Gasteiger partial charge in [0.15, 0.2) is 0 Å². The van der Waals surface area contributed by atoms with Gasteiger partial charge in [-0.25, -0.2) is 0 Å². The van der Waals surface area contributed by atoms with Crippen LogP contribution in [0.25, 0.3) is 11.1 Å². The number of benzene rings is 2. The maximum atomic E-state index is 6.55. The average molecular weight is 593 g/mol. The second-order valence-corrected chi connectivity index (χ2v) is 11.6. The summed E-state index contributed by atoms with van der Waals surface area (Å²) in [5.41, 5.74) is 9.81. The van der Waals surface area contributed by atoms with Crippen LogP contribution in [-0.4, -0.2) is 79.3 Å². The molecule has 0 saturated carbocycles. The first-order valence-corrected chi connectivity index (χ1v) is 16.0. The summed E-state index contributed by atoms with van der Waals surface area (Å²) < 4.78 is 41.5. The molecule has 7 nitrogen and oxygen atoms in total. The van der Waals surface area contributed by atoms with Gasteiger partial charge in [-0.05, 0) is 96.9 Å². The third kappa shape index (κ3) is 9.16. The molecule has 0 unspecified atom stereocenters. The summed E-state index contributed by atoms with van der Waals surface area (Å²) in [6.07, 6.45) is 9.09. The van der Waals surface area contributed by atoms with Crippen molar-refractivity contribution in [3.8, 4) is 22.6 Å². The summed E-state index contributed by atoms with van der Waals surface area (Å²) in [7, 11) is 0. The molecule has 0 amide bonds. The topological polar surface area (TPSA) is 64.6 Å². The van der Waals surface area contributed by atoms with Gasteiger partial charge in [0.25, 0.3) is 0 Å². The monoisotopic (exact) mass is 592 g/mol. The van der Waals surface area contributed by atoms with Gasteiger partial charge in [-0.2, -0.15) is 0 Å². The number of rotatable bonds is 0. The predicted molar refractivity (Wildman–Crippen MR) is 169 cm³/mol. The first-order chi connectivity index (χ1) is 21.2. The number of hydrogen-bond acceptors (Lipinski definition) is 7. The Bertz CT molecular complexity index is 1130. The molecule has 2 aromatic rings. The molecule has 1 aliphatic heterocycles. The molecule has 234 valence electrons. The Morgan fingerprint density at radius 1 is 0.419 bits per heavy atom. The quantitative estimate of drug-likeness (QED) is 0.344. The van der Waals surface area contributed by atoms with Crippen LogP contribution in [0.4, 0.5) is 0 Å². The zero-order chi connectivity index (χ0) is 29.7. The first-order valence-electron chi connectivity index (χ1n) is 16.0. The molecule has 0 spiro atoms. The van der Waals surface area contributed by atoms with E-state index in [-0.39, 0.29) is 0 Å². The molecule has 0 bridgehead atoms. The van der Waals surface area contributed by atoms with Crippen LogP contribution in [0.5, 0.6) is 11.5 Å². The highest BCUT2D eigenvalue weighted by atomic mass is 16.6. The molecule has 1 heterocycles. The third-order valence-corrected chi connectivity index (χ3v) is 8.20. The van der Waals surface area contributed by atoms with Crippen molar-refractivity contribution in [2.75, 3.05) is 79.3 Å². The van der Waals surface area contributed by atoms with Crippen LogP contribution in [0.3, 0.4) is 0 Å². The molecule has 3 aliphatic rings. The largest absolute Gasteiger partial charge is 0.489 e. The molecule has 2 aliphatic carbocycles. The molecular weight excluding hydrogens is 544 g/mol. The highest BCUT2D eigenvalue weighted by Gasteiger charge is 2.26. The van der Waals surface area contributed by atoms with Crippen molar-refractivity contribution in [3.63, 3.8) is 0 Å². The summed E-state index contributed by atoms with van der Waals surface area (Å²) in [6, 6.07) is 8.81. The molecule has 0 radical (unpaired) electrons. The molecule has 0 saturated heterocycles. The normalized spacial score (nSPS) is 20.6. The van der Waals surface area contributed by atoms with Crippen LogP contribution < -0.4 is 9.47 Å². The number of aryl methyl sites for hydroxylation is 2. The molecule has 5 rings (SSSR count). The van der Waals surface area contributed by atoms with Crippen molar-refractivity contribution in [1.29, 1.82) is 0 Å². The van der Waals surface area contributed by atoms with Gasteiger partial charge < -0.3 is 33.2 Å². The second-order valence-electron chi connectivity index (χ2n) is 11.6. The maximum absolute atomic E-state index is 6.55. The van der Waals surface area contributed by atoms with Crippen molar-refractivity contribution in [3.05, 3.63) is 70.8 Å². The van der Waals surface area contributed by atoms with Gasteiger partial charge in [-0.1, -0.05) is 25.3 Å². The van der Waals surface area contributed by atoms with Gasteiger partial charge in [0, 0.05) is 11.1 Å². The SMILES string of the molecule is C=C1COCCOCCOCCOCCOCC(=C)COc2ccc3c(c2-c2c(ccc4c2CCCC4)OC1)CCCC3. The molecule has 0 aromatic heterocycles. The van der Waals surface area contributed by atoms with Gasteiger partial charge in [-0.15, -0.1) is 0 Å². The average Bonchev–Trinajstić information content (AvgIpc) is 3.03. The molecule has 7 heteroatoms. The standard InChI is InChI=1S/C36H48O7/c1-27-23-40-21-19-38-17-15-37-16-18-39-20-22-41-24-28(2)26-43-34-14-12-30-8-4-6-10-32(30)36(34)35-31-9-5-3-7-29(31)11-13-33(35)42-25-27/h11-14H,1-10,15-26H2. The van der Waals surface area contributed by atoms with Crippen LogP contribution >= 0.6 is 0 Å². The minimum Gasteiger partial charge on any atom is -0.489 e. The summed E-state index contributed by atoms with van der Waals surface area (Å²) in [5.74, 6) is 1.78. The zero-order valence-electron chi connectivity index (χ0n) is 25.7. The molecule has 0 fully saturated rings. The maximum Gasteiger partial charge on any atom is 0.128 e. The predicted octanol–water partition coefficient (Wildman–Crippen LogP) is 6.08. The second kappa shape index (κ2) is 17.0. The van der Waals surface area contributed by atoms with Gasteiger partial charge in [0.1, 0.15) is 24.7 Å². The highest BCUT2D eigenvalue weighted by Crippen LogP contribution is 2.47. The lowest BCUT2D eigenvalue weighted by atomic mass is 9.80. The lowest BCUT2D eigenvalue weighted by Crippen LogP contribution is -2.14. The Balaban J connectivity index is 1.41. The van der Waals surface area contributed by atoms with Crippen molar-refractivity contribution in [1.82, 2.24) is 0 Å². The van der Waals surface area contributed by atoms with Crippen LogP contribution in [0.1, 0.15) is 47.9 Å². The summed E-state index contributed by atoms with van der Waals surface area (Å²) >= 11 is 0. The van der Waals surface area contributed by atoms with Crippen LogP contribution in [-0.2, 0) is 49.4 Å². The number of ether oxygens (including phenoxy) is 7. The summed E-state index contributed by atoms with van der Waals surface area (Å²) in [6.45, 7) is 14.2. The lowest BCUT2D eigenvalue weighted by Gasteiger charge is -2.28. The minimum atomic E-state index is 0.391. The van der Waals surface area contributed by atoms with E-state index in [1.807, 2.05) is 0 Å². The van der Waals surface area contributed by atoms with E-state index in [1.165, 1.54) is 59.1 Å². The van der Waals surface area contributed by atoms with Crippen LogP contribution in [0, 0.1) is 0 Å². The zero-order valence-corrected chi connectivity index (χ0v) is 25.7. The Morgan fingerprint density at radius 2 is 0.791 bits per heavy atom. The Morgan fingerprint density at radius 3 is 1.21 bits per heavy atom. The van der Waals surface area contributed by atoms with Crippen molar-refractivity contribution >= 4 is 0 Å². The summed E-state index contributed by atoms with van der Waals surface area (Å²) in [5, 5.41) is 0. The van der Waals surface area contributed by atoms with E-state index in [4.69, 9.17) is 33.2 Å². The molecular formula is C36H48O7. The fraction of sp³-hybridized carbons (Fsp3) is 0.556. The molecule has 0 N–H and O–H groups in total. The van der Waals surface area contributed by atoms with Crippen molar-refractivity contribution < 1.29 is 33.2 Å². The van der Waals surface area contributed by atoms with Crippen LogP contribution in [0.2, 0.25) is 0 Å². The first kappa shape index (κ1) is 31.7. The van der Waals surface area contributed by atoms with Gasteiger partial charge in [0.05, 0.1) is 66.1 Å². The van der Waals surface area contributed by atoms with Gasteiger partial charge >= 0.3 is 0 Å². The van der Waals surface area contributed by atoms with E-state index in [1.54, 1.807) is 0 Å². The lowest BCUT2D eigenvalue weighted by molar-refractivity contribution is -0.00864. The summed E-state index contributed by atoms with van der Waals surface area (Å²) in [4.78, 5) is 0. The Labute approximate surface area is 257 Å². The smallest absolute Gasteiger partial charge is 0.128 e. The van der Waals surface area contributed by atoms with E-state index >= 15 is 0 Å². The van der Waals surface area contributed by atoms with E-state index < -0.39 is 0 Å². The van der Waals surface area contributed by atoms with E-state index in [0.717, 1.165) is 48.3 Å². The minimum absolute atomic E-state index is 0.391. The van der Waals surface area contributed by atoms with Crippen molar-refractivity contribution in [2.45, 2.75) is 51.4 Å². The van der Waals surface area contributed by atoms with Crippen molar-refractivity contribution in [2.24, 2.45) is 0 Å². The Kier molecular flexibility index (Phi) is 12.5. The molecule has 43 heavy (non-hydrogen) atoms. The molecule has 2 aromatic carbocycles. The van der Waals surface area contributed by atoms with Crippen LogP contribution in [0.15, 0.2) is 48.6 Å². The van der Waals surface area contributed by atoms with E-state index in [0.29, 0.717) is 79.3 Å².